The van der Waals surface area contributed by atoms with Crippen LogP contribution in [-0.2, 0) is 5.41 Å². The lowest BCUT2D eigenvalue weighted by Crippen LogP contribution is -2.14. The fraction of sp³-hybridized carbons (Fsp3) is 0.0526. The van der Waals surface area contributed by atoms with Gasteiger partial charge in [-0.15, -0.1) is 0 Å². The van der Waals surface area contributed by atoms with Gasteiger partial charge in [-0.3, -0.25) is 0 Å². The molecule has 0 atom stereocenters. The predicted octanol–water partition coefficient (Wildman–Crippen LogP) is 15.3. The number of aromatic nitrogens is 2. The van der Waals surface area contributed by atoms with E-state index < -0.39 is 0 Å². The van der Waals surface area contributed by atoms with Crippen molar-refractivity contribution in [3.05, 3.63) is 205 Å². The fourth-order valence-corrected chi connectivity index (χ4v) is 9.48. The number of fused-ring (bicyclic) bond motifs is 8. The van der Waals surface area contributed by atoms with Crippen LogP contribution in [0.5, 0.6) is 0 Å². The maximum absolute atomic E-state index is 6.07. The molecule has 0 amide bonds. The van der Waals surface area contributed by atoms with Crippen LogP contribution in [0, 0.1) is 0 Å². The Balaban J connectivity index is 0.919. The van der Waals surface area contributed by atoms with Crippen LogP contribution >= 0.6 is 0 Å². The van der Waals surface area contributed by atoms with Crippen LogP contribution in [0.1, 0.15) is 25.0 Å². The quantitative estimate of drug-likeness (QED) is 0.175. The first-order valence-electron chi connectivity index (χ1n) is 20.6. The molecule has 0 aliphatic heterocycles. The molecule has 0 saturated heterocycles. The molecule has 1 aliphatic rings. The van der Waals surface area contributed by atoms with E-state index in [-0.39, 0.29) is 5.41 Å². The van der Waals surface area contributed by atoms with E-state index in [0.717, 1.165) is 55.4 Å². The van der Waals surface area contributed by atoms with Crippen LogP contribution in [-0.4, -0.2) is 9.97 Å². The van der Waals surface area contributed by atoms with Crippen LogP contribution in [0.15, 0.2) is 199 Å². The molecule has 60 heavy (non-hydrogen) atoms. The Morgan fingerprint density at radius 1 is 0.367 bits per heavy atom. The summed E-state index contributed by atoms with van der Waals surface area (Å²) in [5.41, 5.74) is 16.6. The van der Waals surface area contributed by atoms with E-state index in [1.807, 2.05) is 18.2 Å². The third-order valence-electron chi connectivity index (χ3n) is 12.7. The third-order valence-corrected chi connectivity index (χ3v) is 12.7. The van der Waals surface area contributed by atoms with Gasteiger partial charge < -0.3 is 4.42 Å². The van der Waals surface area contributed by atoms with Crippen molar-refractivity contribution >= 4 is 43.5 Å². The van der Waals surface area contributed by atoms with Crippen LogP contribution in [0.3, 0.4) is 0 Å². The molecule has 0 fully saturated rings. The molecular formula is C57H38N2O. The number of para-hydroxylation sites is 1. The largest absolute Gasteiger partial charge is 0.456 e. The molecule has 9 aromatic carbocycles. The van der Waals surface area contributed by atoms with E-state index >= 15 is 0 Å². The minimum atomic E-state index is -0.146. The van der Waals surface area contributed by atoms with Crippen LogP contribution < -0.4 is 0 Å². The number of furan rings is 1. The first-order chi connectivity index (χ1) is 29.4. The monoisotopic (exact) mass is 766 g/mol. The maximum Gasteiger partial charge on any atom is 0.160 e. The number of benzene rings is 9. The summed E-state index contributed by atoms with van der Waals surface area (Å²) in [6.45, 7) is 4.69. The van der Waals surface area contributed by atoms with Crippen molar-refractivity contribution in [2.75, 3.05) is 0 Å². The maximum atomic E-state index is 6.07. The number of hydrogen-bond acceptors (Lipinski definition) is 3. The second kappa shape index (κ2) is 13.2. The molecule has 0 spiro atoms. The minimum absolute atomic E-state index is 0.146. The molecule has 282 valence electrons. The van der Waals surface area contributed by atoms with Crippen LogP contribution in [0.4, 0.5) is 0 Å². The summed E-state index contributed by atoms with van der Waals surface area (Å²) in [6, 6.07) is 69.6. The third kappa shape index (κ3) is 5.51. The van der Waals surface area contributed by atoms with Gasteiger partial charge in [-0.05, 0) is 115 Å². The van der Waals surface area contributed by atoms with Crippen molar-refractivity contribution in [2.45, 2.75) is 19.3 Å². The molecule has 3 nitrogen and oxygen atoms in total. The molecule has 0 radical (unpaired) electrons. The van der Waals surface area contributed by atoms with Gasteiger partial charge in [0.15, 0.2) is 5.82 Å². The average molecular weight is 767 g/mol. The Labute approximate surface area is 348 Å². The van der Waals surface area contributed by atoms with E-state index in [9.17, 15) is 0 Å². The molecule has 0 saturated carbocycles. The second-order valence-corrected chi connectivity index (χ2v) is 16.6. The molecule has 2 heterocycles. The first-order valence-corrected chi connectivity index (χ1v) is 20.6. The topological polar surface area (TPSA) is 38.9 Å². The summed E-state index contributed by atoms with van der Waals surface area (Å²) in [4.78, 5) is 10.5. The Morgan fingerprint density at radius 2 is 0.967 bits per heavy atom. The highest BCUT2D eigenvalue weighted by Gasteiger charge is 2.37. The van der Waals surface area contributed by atoms with Gasteiger partial charge in [0.2, 0.25) is 0 Å². The molecule has 12 rings (SSSR count). The molecular weight excluding hydrogens is 729 g/mol. The second-order valence-electron chi connectivity index (χ2n) is 16.6. The van der Waals surface area contributed by atoms with Crippen LogP contribution in [0.2, 0.25) is 0 Å². The summed E-state index contributed by atoms with van der Waals surface area (Å²) in [6.07, 6.45) is 0. The van der Waals surface area contributed by atoms with E-state index in [4.69, 9.17) is 14.4 Å². The molecule has 0 bridgehead atoms. The summed E-state index contributed by atoms with van der Waals surface area (Å²) in [5, 5.41) is 7.15. The Bertz CT molecular complexity index is 3500. The smallest absolute Gasteiger partial charge is 0.160 e. The Hall–Kier alpha value is -7.62. The van der Waals surface area contributed by atoms with Gasteiger partial charge in [0, 0.05) is 32.9 Å². The lowest BCUT2D eigenvalue weighted by Gasteiger charge is -2.22. The van der Waals surface area contributed by atoms with Crippen molar-refractivity contribution < 1.29 is 4.42 Å². The number of rotatable bonds is 5. The summed E-state index contributed by atoms with van der Waals surface area (Å²) in [5.74, 6) is 0.716. The molecule has 3 heteroatoms. The summed E-state index contributed by atoms with van der Waals surface area (Å²) >= 11 is 0. The van der Waals surface area contributed by atoms with Gasteiger partial charge >= 0.3 is 0 Å². The minimum Gasteiger partial charge on any atom is -0.456 e. The first kappa shape index (κ1) is 34.4. The molecule has 1 aliphatic carbocycles. The Morgan fingerprint density at radius 3 is 1.77 bits per heavy atom. The van der Waals surface area contributed by atoms with E-state index in [2.05, 4.69) is 190 Å². The summed E-state index contributed by atoms with van der Waals surface area (Å²) in [7, 11) is 0. The normalized spacial score (nSPS) is 13.0. The summed E-state index contributed by atoms with van der Waals surface area (Å²) < 4.78 is 6.07. The lowest BCUT2D eigenvalue weighted by molar-refractivity contribution is 0.661. The van der Waals surface area contributed by atoms with E-state index in [1.54, 1.807) is 0 Å². The van der Waals surface area contributed by atoms with Crippen molar-refractivity contribution in [1.82, 2.24) is 9.97 Å². The SMILES string of the molecule is CC1(C)c2cc3ccccc3cc2-c2c(-c3cc(-c4ccc5cc(-c6ccc(-c7ccc8oc9ccccc9c8c7)cc6)ccc5c4)nc(-c4ccccc4)n3)cccc21. The van der Waals surface area contributed by atoms with Crippen LogP contribution in [0.25, 0.3) is 111 Å². The highest BCUT2D eigenvalue weighted by Crippen LogP contribution is 2.53. The average Bonchev–Trinajstić information content (AvgIpc) is 3.79. The van der Waals surface area contributed by atoms with E-state index in [1.165, 1.54) is 60.7 Å². The van der Waals surface area contributed by atoms with Gasteiger partial charge in [-0.25, -0.2) is 9.97 Å². The van der Waals surface area contributed by atoms with Gasteiger partial charge in [-0.2, -0.15) is 0 Å². The highest BCUT2D eigenvalue weighted by molar-refractivity contribution is 6.06. The standard InChI is InChI=1S/C57H38N2O/c1-57(2)49-17-10-16-46(55(49)48-32-38-13-6-7-14-39(38)33-50(48)57)52-34-51(58-56(59-52)37-11-4-3-5-12-37)44-26-25-41-29-40(23-24-42(41)30-44)35-19-21-36(22-20-35)43-27-28-54-47(31-43)45-15-8-9-18-53(45)60-54/h3-34H,1-2H3. The van der Waals surface area contributed by atoms with E-state index in [0.29, 0.717) is 5.82 Å². The highest BCUT2D eigenvalue weighted by atomic mass is 16.3. The van der Waals surface area contributed by atoms with Gasteiger partial charge in [0.25, 0.3) is 0 Å². The zero-order valence-corrected chi connectivity index (χ0v) is 33.3. The molecule has 0 N–H and O–H groups in total. The van der Waals surface area contributed by atoms with Gasteiger partial charge in [-0.1, -0.05) is 159 Å². The lowest BCUT2D eigenvalue weighted by atomic mass is 9.81. The Kier molecular flexibility index (Phi) is 7.58. The molecule has 2 aromatic heterocycles. The van der Waals surface area contributed by atoms with Crippen molar-refractivity contribution in [3.63, 3.8) is 0 Å². The van der Waals surface area contributed by atoms with Crippen molar-refractivity contribution in [1.29, 1.82) is 0 Å². The molecule has 0 unspecified atom stereocenters. The molecule has 11 aromatic rings. The predicted molar refractivity (Wildman–Crippen MR) is 249 cm³/mol. The van der Waals surface area contributed by atoms with Gasteiger partial charge in [0.05, 0.1) is 11.4 Å². The zero-order valence-electron chi connectivity index (χ0n) is 33.3. The van der Waals surface area contributed by atoms with Crippen molar-refractivity contribution in [2.24, 2.45) is 0 Å². The zero-order chi connectivity index (χ0) is 40.0. The number of hydrogen-bond donors (Lipinski definition) is 0. The fourth-order valence-electron chi connectivity index (χ4n) is 9.48. The number of nitrogens with zero attached hydrogens (tertiary/aromatic N) is 2. The van der Waals surface area contributed by atoms with Crippen molar-refractivity contribution in [3.8, 4) is 67.3 Å². The van der Waals surface area contributed by atoms with Gasteiger partial charge in [0.1, 0.15) is 11.2 Å².